The van der Waals surface area contributed by atoms with Crippen LogP contribution in [-0.2, 0) is 16.1 Å². The number of anilines is 1. The molecule has 0 saturated heterocycles. The summed E-state index contributed by atoms with van der Waals surface area (Å²) in [4.78, 5) is 26.9. The maximum absolute atomic E-state index is 13.2. The van der Waals surface area contributed by atoms with Crippen LogP contribution in [0.1, 0.15) is 52.0 Å². The third kappa shape index (κ3) is 6.18. The van der Waals surface area contributed by atoms with Crippen LogP contribution in [0.25, 0.3) is 0 Å². The molecule has 0 radical (unpaired) electrons. The number of hydrogen-bond donors (Lipinski definition) is 0. The van der Waals surface area contributed by atoms with E-state index in [0.29, 0.717) is 30.7 Å². The fourth-order valence-corrected chi connectivity index (χ4v) is 5.37. The standard InChI is InChI=1S/C24H25Br2F3N2O2/c1-30(23(33)24(27,28)29)14-8-2-3-13-20(32)31-15-16-9-4-5-10-17(16)21(25)22(26)18-11-6-7-12-19(18)31/h4-7,9-12,21-22H,2-3,8,13-15H2,1H3. The lowest BCUT2D eigenvalue weighted by Gasteiger charge is -2.33. The van der Waals surface area contributed by atoms with Gasteiger partial charge in [0, 0.05) is 25.7 Å². The molecule has 0 N–H and O–H groups in total. The Bertz CT molecular complexity index is 1000. The zero-order valence-corrected chi connectivity index (χ0v) is 21.3. The zero-order valence-electron chi connectivity index (χ0n) is 18.1. The number of alkyl halides is 5. The molecule has 0 spiro atoms. The van der Waals surface area contributed by atoms with Crippen LogP contribution in [0.3, 0.4) is 0 Å². The van der Waals surface area contributed by atoms with Gasteiger partial charge in [0.1, 0.15) is 0 Å². The van der Waals surface area contributed by atoms with Gasteiger partial charge >= 0.3 is 12.1 Å². The van der Waals surface area contributed by atoms with Crippen molar-refractivity contribution in [2.24, 2.45) is 0 Å². The number of carbonyl (C=O) groups excluding carboxylic acids is 2. The molecule has 9 heteroatoms. The number of halogens is 5. The van der Waals surface area contributed by atoms with Crippen LogP contribution >= 0.6 is 31.9 Å². The summed E-state index contributed by atoms with van der Waals surface area (Å²) in [6.07, 6.45) is -3.09. The highest BCUT2D eigenvalue weighted by Crippen LogP contribution is 2.48. The topological polar surface area (TPSA) is 40.6 Å². The van der Waals surface area contributed by atoms with Crippen LogP contribution < -0.4 is 4.90 Å². The molecule has 2 amide bonds. The van der Waals surface area contributed by atoms with E-state index >= 15 is 0 Å². The smallest absolute Gasteiger partial charge is 0.338 e. The molecule has 3 rings (SSSR count). The van der Waals surface area contributed by atoms with Gasteiger partial charge in [-0.1, -0.05) is 80.7 Å². The molecule has 0 saturated carbocycles. The predicted molar refractivity (Wildman–Crippen MR) is 130 cm³/mol. The number of rotatable bonds is 6. The monoisotopic (exact) mass is 588 g/mol. The average molecular weight is 590 g/mol. The SMILES string of the molecule is CN(CCCCCC(=O)N1Cc2ccccc2C(Br)C(Br)c2ccccc21)C(=O)C(F)(F)F. The van der Waals surface area contributed by atoms with Gasteiger partial charge in [-0.25, -0.2) is 0 Å². The van der Waals surface area contributed by atoms with Gasteiger partial charge in [0.2, 0.25) is 5.91 Å². The lowest BCUT2D eigenvalue weighted by molar-refractivity contribution is -0.184. The number of unbranched alkanes of at least 4 members (excludes halogenated alkanes) is 2. The summed E-state index contributed by atoms with van der Waals surface area (Å²) in [5.74, 6) is -1.88. The number of amides is 2. The summed E-state index contributed by atoms with van der Waals surface area (Å²) in [5, 5.41) is 0. The van der Waals surface area contributed by atoms with E-state index in [1.54, 1.807) is 4.90 Å². The first-order chi connectivity index (χ1) is 15.6. The molecule has 0 fully saturated rings. The number of carbonyl (C=O) groups is 2. The maximum Gasteiger partial charge on any atom is 0.471 e. The maximum atomic E-state index is 13.2. The Kier molecular flexibility index (Phi) is 8.61. The van der Waals surface area contributed by atoms with Crippen molar-refractivity contribution in [1.29, 1.82) is 0 Å². The van der Waals surface area contributed by atoms with Crippen molar-refractivity contribution in [3.63, 3.8) is 0 Å². The van der Waals surface area contributed by atoms with E-state index in [0.717, 1.165) is 29.4 Å². The van der Waals surface area contributed by atoms with Gasteiger partial charge in [-0.3, -0.25) is 9.59 Å². The molecular formula is C24H25Br2F3N2O2. The summed E-state index contributed by atoms with van der Waals surface area (Å²) < 4.78 is 37.4. The molecular weight excluding hydrogens is 565 g/mol. The number of fused-ring (bicyclic) bond motifs is 2. The molecule has 178 valence electrons. The van der Waals surface area contributed by atoms with Crippen molar-refractivity contribution in [2.75, 3.05) is 18.5 Å². The van der Waals surface area contributed by atoms with Crippen molar-refractivity contribution >= 4 is 49.4 Å². The minimum absolute atomic E-state index is 0.00433. The first-order valence-corrected chi connectivity index (χ1v) is 12.5. The third-order valence-corrected chi connectivity index (χ3v) is 8.49. The van der Waals surface area contributed by atoms with Gasteiger partial charge < -0.3 is 9.80 Å². The van der Waals surface area contributed by atoms with Crippen molar-refractivity contribution < 1.29 is 22.8 Å². The second-order valence-corrected chi connectivity index (χ2v) is 10.0. The highest BCUT2D eigenvalue weighted by atomic mass is 79.9. The second-order valence-electron chi connectivity index (χ2n) is 8.08. The van der Waals surface area contributed by atoms with Crippen LogP contribution in [0.2, 0.25) is 0 Å². The highest BCUT2D eigenvalue weighted by molar-refractivity contribution is 9.12. The molecule has 33 heavy (non-hydrogen) atoms. The fourth-order valence-electron chi connectivity index (χ4n) is 3.96. The van der Waals surface area contributed by atoms with E-state index in [1.165, 1.54) is 0 Å². The summed E-state index contributed by atoms with van der Waals surface area (Å²) in [6.45, 7) is 0.445. The number of hydrogen-bond acceptors (Lipinski definition) is 2. The molecule has 0 aromatic heterocycles. The van der Waals surface area contributed by atoms with E-state index in [2.05, 4.69) is 37.9 Å². The Morgan fingerprint density at radius 2 is 1.58 bits per heavy atom. The normalized spacial score (nSPS) is 18.1. The lowest BCUT2D eigenvalue weighted by Crippen LogP contribution is -2.38. The molecule has 0 bridgehead atoms. The Labute approximate surface area is 208 Å². The molecule has 1 aliphatic rings. The number of nitrogens with zero attached hydrogens (tertiary/aromatic N) is 2. The van der Waals surface area contributed by atoms with E-state index in [1.807, 2.05) is 42.5 Å². The number of para-hydroxylation sites is 1. The van der Waals surface area contributed by atoms with Crippen molar-refractivity contribution in [3.8, 4) is 0 Å². The molecule has 2 aromatic rings. The average Bonchev–Trinajstić information content (AvgIpc) is 2.79. The highest BCUT2D eigenvalue weighted by Gasteiger charge is 2.40. The first kappa shape index (κ1) is 25.7. The van der Waals surface area contributed by atoms with Crippen LogP contribution in [-0.4, -0.2) is 36.5 Å². The van der Waals surface area contributed by atoms with E-state index < -0.39 is 12.1 Å². The van der Waals surface area contributed by atoms with Gasteiger partial charge in [-0.2, -0.15) is 13.2 Å². The Morgan fingerprint density at radius 1 is 0.970 bits per heavy atom. The quantitative estimate of drug-likeness (QED) is 0.278. The molecule has 1 aliphatic heterocycles. The minimum atomic E-state index is -4.86. The van der Waals surface area contributed by atoms with E-state index in [-0.39, 0.29) is 28.5 Å². The lowest BCUT2D eigenvalue weighted by atomic mass is 9.95. The molecule has 2 atom stereocenters. The Morgan fingerprint density at radius 3 is 2.27 bits per heavy atom. The van der Waals surface area contributed by atoms with Crippen LogP contribution in [0.5, 0.6) is 0 Å². The zero-order chi connectivity index (χ0) is 24.2. The molecule has 2 aromatic carbocycles. The van der Waals surface area contributed by atoms with Crippen molar-refractivity contribution in [2.45, 2.75) is 48.1 Å². The van der Waals surface area contributed by atoms with Crippen molar-refractivity contribution in [1.82, 2.24) is 4.90 Å². The van der Waals surface area contributed by atoms with E-state index in [9.17, 15) is 22.8 Å². The van der Waals surface area contributed by atoms with Crippen LogP contribution in [0.4, 0.5) is 18.9 Å². The summed E-state index contributed by atoms with van der Waals surface area (Å²) in [7, 11) is 1.14. The second kappa shape index (κ2) is 11.0. The van der Waals surface area contributed by atoms with Gasteiger partial charge in [0.05, 0.1) is 16.2 Å². The van der Waals surface area contributed by atoms with Gasteiger partial charge in [0.15, 0.2) is 0 Å². The largest absolute Gasteiger partial charge is 0.471 e. The van der Waals surface area contributed by atoms with Gasteiger partial charge in [0.25, 0.3) is 0 Å². The van der Waals surface area contributed by atoms with Crippen molar-refractivity contribution in [3.05, 3.63) is 65.2 Å². The van der Waals surface area contributed by atoms with Crippen LogP contribution in [0, 0.1) is 0 Å². The first-order valence-electron chi connectivity index (χ1n) is 10.7. The Hall–Kier alpha value is -1.87. The Balaban J connectivity index is 1.67. The van der Waals surface area contributed by atoms with Crippen LogP contribution in [0.15, 0.2) is 48.5 Å². The third-order valence-electron chi connectivity index (χ3n) is 5.74. The summed E-state index contributed by atoms with van der Waals surface area (Å²) in [6, 6.07) is 15.8. The predicted octanol–water partition coefficient (Wildman–Crippen LogP) is 6.69. The number of benzene rings is 2. The summed E-state index contributed by atoms with van der Waals surface area (Å²) >= 11 is 7.61. The fraction of sp³-hybridized carbons (Fsp3) is 0.417. The molecule has 2 unspecified atom stereocenters. The minimum Gasteiger partial charge on any atom is -0.338 e. The van der Waals surface area contributed by atoms with Gasteiger partial charge in [-0.15, -0.1) is 0 Å². The van der Waals surface area contributed by atoms with E-state index in [4.69, 9.17) is 0 Å². The summed E-state index contributed by atoms with van der Waals surface area (Å²) in [5.41, 5.74) is 4.02. The van der Waals surface area contributed by atoms with Gasteiger partial charge in [-0.05, 0) is 35.6 Å². The molecule has 1 heterocycles. The molecule has 4 nitrogen and oxygen atoms in total. The molecule has 0 aliphatic carbocycles.